The van der Waals surface area contributed by atoms with E-state index in [-0.39, 0.29) is 10.8 Å². The number of carbonyl (C=O) groups is 1. The lowest BCUT2D eigenvalue weighted by molar-refractivity contribution is -0.146. The normalized spacial score (nSPS) is 48.3. The number of nitrogens with zero attached hydrogens (tertiary/aromatic N) is 1. The van der Waals surface area contributed by atoms with Gasteiger partial charge in [0.1, 0.15) is 0 Å². The van der Waals surface area contributed by atoms with Gasteiger partial charge in [-0.2, -0.15) is 0 Å². The molecule has 138 valence electrons. The molecule has 5 fully saturated rings. The van der Waals surface area contributed by atoms with E-state index in [1.807, 2.05) is 0 Å². The van der Waals surface area contributed by atoms with Gasteiger partial charge >= 0.3 is 0 Å². The largest absolute Gasteiger partial charge is 0.342 e. The van der Waals surface area contributed by atoms with Gasteiger partial charge in [-0.15, -0.1) is 0 Å². The van der Waals surface area contributed by atoms with Crippen LogP contribution in [0, 0.1) is 22.2 Å². The lowest BCUT2D eigenvalue weighted by Gasteiger charge is -2.66. The standard InChI is InChI=1S/C24H31NO/c1-21-12-18-13-22(20(26)25-10-6-3-7-11-25)16-23(15-21,24(21,14-18)17-22)19-8-4-2-5-9-19/h2,4-5,8-9,18H,3,6-7,10-17H2,1H3. The first-order chi connectivity index (χ1) is 12.5. The summed E-state index contributed by atoms with van der Waals surface area (Å²) >= 11 is 0. The van der Waals surface area contributed by atoms with Crippen LogP contribution >= 0.6 is 0 Å². The molecule has 5 atom stereocenters. The van der Waals surface area contributed by atoms with E-state index >= 15 is 0 Å². The van der Waals surface area contributed by atoms with Crippen LogP contribution in [0.3, 0.4) is 0 Å². The van der Waals surface area contributed by atoms with Crippen LogP contribution in [-0.2, 0) is 10.2 Å². The maximum atomic E-state index is 13.8. The van der Waals surface area contributed by atoms with Gasteiger partial charge in [0.05, 0.1) is 5.41 Å². The molecular weight excluding hydrogens is 318 g/mol. The van der Waals surface area contributed by atoms with Gasteiger partial charge in [-0.3, -0.25) is 4.79 Å². The zero-order valence-corrected chi connectivity index (χ0v) is 16.1. The van der Waals surface area contributed by atoms with Crippen LogP contribution in [0.15, 0.2) is 30.3 Å². The topological polar surface area (TPSA) is 20.3 Å². The smallest absolute Gasteiger partial charge is 0.228 e. The van der Waals surface area contributed by atoms with Crippen LogP contribution in [0.2, 0.25) is 0 Å². The zero-order chi connectivity index (χ0) is 17.6. The van der Waals surface area contributed by atoms with Gasteiger partial charge in [0, 0.05) is 18.5 Å². The number of amides is 1. The summed E-state index contributed by atoms with van der Waals surface area (Å²) in [6, 6.07) is 11.3. The fourth-order valence-electron chi connectivity index (χ4n) is 9.04. The number of hydrogen-bond acceptors (Lipinski definition) is 1. The monoisotopic (exact) mass is 349 g/mol. The van der Waals surface area contributed by atoms with Gasteiger partial charge in [-0.1, -0.05) is 37.3 Å². The fraction of sp³-hybridized carbons (Fsp3) is 0.708. The summed E-state index contributed by atoms with van der Waals surface area (Å²) in [5.74, 6) is 1.32. The van der Waals surface area contributed by atoms with Gasteiger partial charge < -0.3 is 4.90 Å². The Bertz CT molecular complexity index is 768. The maximum absolute atomic E-state index is 13.8. The molecule has 5 aliphatic rings. The Morgan fingerprint density at radius 1 is 0.962 bits per heavy atom. The van der Waals surface area contributed by atoms with Crippen LogP contribution in [0.25, 0.3) is 0 Å². The van der Waals surface area contributed by atoms with Gasteiger partial charge in [0.15, 0.2) is 0 Å². The summed E-state index contributed by atoms with van der Waals surface area (Å²) < 4.78 is 0. The second-order valence-corrected chi connectivity index (χ2v) is 10.7. The Kier molecular flexibility index (Phi) is 2.87. The van der Waals surface area contributed by atoms with Crippen LogP contribution in [-0.4, -0.2) is 23.9 Å². The summed E-state index contributed by atoms with van der Waals surface area (Å²) in [6.45, 7) is 4.57. The Balaban J connectivity index is 1.46. The van der Waals surface area contributed by atoms with E-state index in [0.717, 1.165) is 25.4 Å². The number of piperidine rings is 1. The number of hydrogen-bond donors (Lipinski definition) is 0. The van der Waals surface area contributed by atoms with Gasteiger partial charge in [-0.05, 0) is 80.1 Å². The molecule has 3 bridgehead atoms. The summed E-state index contributed by atoms with van der Waals surface area (Å²) in [4.78, 5) is 16.1. The third-order valence-electron chi connectivity index (χ3n) is 9.52. The number of carbonyl (C=O) groups excluding carboxylic acids is 1. The lowest BCUT2D eigenvalue weighted by Crippen LogP contribution is -2.61. The molecule has 26 heavy (non-hydrogen) atoms. The minimum atomic E-state index is -0.0512. The Morgan fingerprint density at radius 3 is 2.50 bits per heavy atom. The minimum absolute atomic E-state index is 0.0512. The molecule has 6 rings (SSSR count). The second kappa shape index (κ2) is 4.75. The van der Waals surface area contributed by atoms with E-state index in [0.29, 0.717) is 16.7 Å². The number of likely N-dealkylation sites (tertiary alicyclic amines) is 1. The van der Waals surface area contributed by atoms with E-state index < -0.39 is 0 Å². The van der Waals surface area contributed by atoms with Crippen LogP contribution in [0.4, 0.5) is 0 Å². The Morgan fingerprint density at radius 2 is 1.73 bits per heavy atom. The third kappa shape index (κ3) is 1.60. The van der Waals surface area contributed by atoms with Crippen molar-refractivity contribution in [3.8, 4) is 0 Å². The molecule has 1 aromatic rings. The van der Waals surface area contributed by atoms with Crippen molar-refractivity contribution in [2.75, 3.05) is 13.1 Å². The highest BCUT2D eigenvalue weighted by Crippen LogP contribution is 2.88. The van der Waals surface area contributed by atoms with Crippen molar-refractivity contribution in [1.29, 1.82) is 0 Å². The predicted octanol–water partition coefficient (Wildman–Crippen LogP) is 4.93. The molecule has 2 heteroatoms. The Labute approximate surface area is 157 Å². The highest BCUT2D eigenvalue weighted by Gasteiger charge is 2.83. The first-order valence-corrected chi connectivity index (χ1v) is 10.9. The SMILES string of the molecule is CC12CC3CC4(C(=O)N5CCCCC5)CC(c5ccccc5)(C1)C2(C3)C4. The average molecular weight is 350 g/mol. The molecule has 0 aromatic heterocycles. The molecule has 1 amide bonds. The lowest BCUT2D eigenvalue weighted by atomic mass is 9.38. The molecule has 2 nitrogen and oxygen atoms in total. The zero-order valence-electron chi connectivity index (χ0n) is 16.1. The van der Waals surface area contributed by atoms with Crippen molar-refractivity contribution in [3.63, 3.8) is 0 Å². The fourth-order valence-corrected chi connectivity index (χ4v) is 9.04. The maximum Gasteiger partial charge on any atom is 0.228 e. The van der Waals surface area contributed by atoms with Gasteiger partial charge in [0.25, 0.3) is 0 Å². The van der Waals surface area contributed by atoms with Crippen molar-refractivity contribution in [1.82, 2.24) is 4.90 Å². The number of rotatable bonds is 2. The molecule has 1 aromatic carbocycles. The quantitative estimate of drug-likeness (QED) is 0.741. The molecule has 1 spiro atoms. The van der Waals surface area contributed by atoms with Crippen LogP contribution in [0.1, 0.15) is 70.3 Å². The second-order valence-electron chi connectivity index (χ2n) is 10.7. The highest BCUT2D eigenvalue weighted by molar-refractivity contribution is 5.85. The molecule has 4 saturated carbocycles. The van der Waals surface area contributed by atoms with E-state index in [1.165, 1.54) is 56.9 Å². The number of fused-ring (bicyclic) bond motifs is 2. The van der Waals surface area contributed by atoms with Crippen LogP contribution in [0.5, 0.6) is 0 Å². The average Bonchev–Trinajstić information content (AvgIpc) is 2.95. The summed E-state index contributed by atoms with van der Waals surface area (Å²) in [5, 5.41) is 0. The van der Waals surface area contributed by atoms with Crippen molar-refractivity contribution in [3.05, 3.63) is 35.9 Å². The van der Waals surface area contributed by atoms with E-state index in [4.69, 9.17) is 0 Å². The molecule has 1 aliphatic heterocycles. The molecule has 4 aliphatic carbocycles. The first-order valence-electron chi connectivity index (χ1n) is 10.9. The number of benzene rings is 1. The summed E-state index contributed by atoms with van der Waals surface area (Å²) in [7, 11) is 0. The molecule has 0 N–H and O–H groups in total. The first kappa shape index (κ1) is 15.7. The van der Waals surface area contributed by atoms with Crippen molar-refractivity contribution in [2.24, 2.45) is 22.2 Å². The summed E-state index contributed by atoms with van der Waals surface area (Å²) in [6.07, 6.45) is 11.3. The predicted molar refractivity (Wildman–Crippen MR) is 103 cm³/mol. The molecule has 0 radical (unpaired) electrons. The molecular formula is C24H31NO. The minimum Gasteiger partial charge on any atom is -0.342 e. The van der Waals surface area contributed by atoms with E-state index in [9.17, 15) is 4.79 Å². The molecule has 1 saturated heterocycles. The van der Waals surface area contributed by atoms with Crippen molar-refractivity contribution < 1.29 is 4.79 Å². The van der Waals surface area contributed by atoms with Crippen LogP contribution < -0.4 is 0 Å². The molecule has 5 unspecified atom stereocenters. The van der Waals surface area contributed by atoms with E-state index in [2.05, 4.69) is 42.2 Å². The van der Waals surface area contributed by atoms with Gasteiger partial charge in [0.2, 0.25) is 5.91 Å². The van der Waals surface area contributed by atoms with Gasteiger partial charge in [-0.25, -0.2) is 0 Å². The third-order valence-corrected chi connectivity index (χ3v) is 9.52. The highest BCUT2D eigenvalue weighted by atomic mass is 16.2. The molecule has 1 heterocycles. The Hall–Kier alpha value is -1.31. The van der Waals surface area contributed by atoms with E-state index in [1.54, 1.807) is 0 Å². The van der Waals surface area contributed by atoms with Crippen molar-refractivity contribution >= 4 is 5.91 Å². The summed E-state index contributed by atoms with van der Waals surface area (Å²) in [5.41, 5.74) is 2.64. The van der Waals surface area contributed by atoms with Crippen molar-refractivity contribution in [2.45, 2.75) is 70.1 Å².